The molecule has 0 N–H and O–H groups in total. The van der Waals surface area contributed by atoms with Crippen LogP contribution in [0.2, 0.25) is 0 Å². The quantitative estimate of drug-likeness (QED) is 0.571. The van der Waals surface area contributed by atoms with Crippen LogP contribution < -0.4 is 0 Å². The van der Waals surface area contributed by atoms with Crippen molar-refractivity contribution in [2.24, 2.45) is 11.8 Å². The van der Waals surface area contributed by atoms with E-state index in [1.54, 1.807) is 0 Å². The van der Waals surface area contributed by atoms with E-state index in [4.69, 9.17) is 0 Å². The number of rotatable bonds is 3. The molecule has 0 aliphatic heterocycles. The Bertz CT molecular complexity index is 112. The van der Waals surface area contributed by atoms with E-state index in [1.165, 1.54) is 32.1 Å². The first-order chi connectivity index (χ1) is 5.36. The molecular weight excluding hydrogens is 136 g/mol. The van der Waals surface area contributed by atoms with Crippen LogP contribution in [0.15, 0.2) is 0 Å². The van der Waals surface area contributed by atoms with Gasteiger partial charge < -0.3 is 4.79 Å². The molecule has 0 aromatic rings. The smallest absolute Gasteiger partial charge is 0.120 e. The zero-order valence-corrected chi connectivity index (χ0v) is 7.38. The Morgan fingerprint density at radius 1 is 1.18 bits per heavy atom. The molecule has 11 heavy (non-hydrogen) atoms. The number of hydrogen-bond acceptors (Lipinski definition) is 1. The molecule has 0 spiro atoms. The third-order valence-electron chi connectivity index (χ3n) is 2.97. The van der Waals surface area contributed by atoms with E-state index in [0.29, 0.717) is 0 Å². The van der Waals surface area contributed by atoms with Gasteiger partial charge in [0.2, 0.25) is 0 Å². The maximum absolute atomic E-state index is 10.2. The molecule has 64 valence electrons. The molecular formula is C10H18O. The van der Waals surface area contributed by atoms with Gasteiger partial charge in [0.15, 0.2) is 0 Å². The molecule has 1 aliphatic rings. The monoisotopic (exact) mass is 154 g/mol. The molecule has 0 unspecified atom stereocenters. The molecule has 0 heterocycles. The molecule has 0 saturated heterocycles. The highest BCUT2D eigenvalue weighted by molar-refractivity contribution is 5.49. The Balaban J connectivity index is 2.18. The highest BCUT2D eigenvalue weighted by Gasteiger charge is 2.18. The molecule has 1 heteroatoms. The van der Waals surface area contributed by atoms with Gasteiger partial charge in [-0.2, -0.15) is 0 Å². The minimum absolute atomic E-state index is 0.718. The summed E-state index contributed by atoms with van der Waals surface area (Å²) >= 11 is 0. The number of carbonyl (C=O) groups is 1. The van der Waals surface area contributed by atoms with E-state index in [2.05, 4.69) is 6.92 Å². The average molecular weight is 154 g/mol. The van der Waals surface area contributed by atoms with Gasteiger partial charge >= 0.3 is 0 Å². The molecule has 1 aliphatic carbocycles. The van der Waals surface area contributed by atoms with Crippen molar-refractivity contribution in [2.45, 2.75) is 45.4 Å². The second-order valence-electron chi connectivity index (χ2n) is 3.70. The summed E-state index contributed by atoms with van der Waals surface area (Å²) < 4.78 is 0. The first kappa shape index (κ1) is 8.76. The normalized spacial score (nSPS) is 31.7. The van der Waals surface area contributed by atoms with Crippen LogP contribution >= 0.6 is 0 Å². The van der Waals surface area contributed by atoms with Crippen LogP contribution in [-0.2, 0) is 4.79 Å². The summed E-state index contributed by atoms with van der Waals surface area (Å²) in [6, 6.07) is 0. The topological polar surface area (TPSA) is 17.1 Å². The molecule has 0 atom stereocenters. The highest BCUT2D eigenvalue weighted by Crippen LogP contribution is 2.31. The van der Waals surface area contributed by atoms with Gasteiger partial charge in [-0.05, 0) is 24.7 Å². The Morgan fingerprint density at radius 3 is 2.18 bits per heavy atom. The SMILES string of the molecule is CCC1CCC(CC=O)CC1. The average Bonchev–Trinajstić information content (AvgIpc) is 2.07. The standard InChI is InChI=1S/C10H18O/c1-2-9-3-5-10(6-4-9)7-8-11/h8-10H,2-7H2,1H3. The van der Waals surface area contributed by atoms with Crippen molar-refractivity contribution in [1.29, 1.82) is 0 Å². The number of carbonyl (C=O) groups excluding carboxylic acids is 1. The largest absolute Gasteiger partial charge is 0.303 e. The second kappa shape index (κ2) is 4.53. The molecule has 1 fully saturated rings. The van der Waals surface area contributed by atoms with Crippen molar-refractivity contribution >= 4 is 6.29 Å². The van der Waals surface area contributed by atoms with Crippen molar-refractivity contribution < 1.29 is 4.79 Å². The van der Waals surface area contributed by atoms with Gasteiger partial charge in [0.25, 0.3) is 0 Å². The van der Waals surface area contributed by atoms with E-state index in [-0.39, 0.29) is 0 Å². The summed E-state index contributed by atoms with van der Waals surface area (Å²) in [7, 11) is 0. The Kier molecular flexibility index (Phi) is 3.61. The minimum atomic E-state index is 0.718. The van der Waals surface area contributed by atoms with Gasteiger partial charge in [0.05, 0.1) is 0 Å². The van der Waals surface area contributed by atoms with Crippen LogP contribution in [0.25, 0.3) is 0 Å². The Morgan fingerprint density at radius 2 is 1.73 bits per heavy atom. The summed E-state index contributed by atoms with van der Waals surface area (Å²) in [6.07, 6.45) is 8.50. The van der Waals surface area contributed by atoms with Crippen LogP contribution in [0, 0.1) is 11.8 Å². The summed E-state index contributed by atoms with van der Waals surface area (Å²) in [5.74, 6) is 1.67. The minimum Gasteiger partial charge on any atom is -0.303 e. The molecule has 0 aromatic heterocycles. The highest BCUT2D eigenvalue weighted by atomic mass is 16.1. The van der Waals surface area contributed by atoms with Crippen LogP contribution in [0.3, 0.4) is 0 Å². The van der Waals surface area contributed by atoms with Gasteiger partial charge in [-0.15, -0.1) is 0 Å². The van der Waals surface area contributed by atoms with Crippen molar-refractivity contribution in [3.63, 3.8) is 0 Å². The molecule has 1 rings (SSSR count). The van der Waals surface area contributed by atoms with Crippen molar-refractivity contribution in [3.05, 3.63) is 0 Å². The fraction of sp³-hybridized carbons (Fsp3) is 0.900. The number of hydrogen-bond donors (Lipinski definition) is 0. The molecule has 0 aromatic carbocycles. The van der Waals surface area contributed by atoms with Gasteiger partial charge in [0, 0.05) is 6.42 Å². The van der Waals surface area contributed by atoms with Crippen LogP contribution in [0.5, 0.6) is 0 Å². The fourth-order valence-corrected chi connectivity index (χ4v) is 2.01. The summed E-state index contributed by atoms with van der Waals surface area (Å²) in [5.41, 5.74) is 0. The summed E-state index contributed by atoms with van der Waals surface area (Å²) in [4.78, 5) is 10.2. The first-order valence-corrected chi connectivity index (χ1v) is 4.80. The molecule has 0 bridgehead atoms. The maximum Gasteiger partial charge on any atom is 0.120 e. The zero-order chi connectivity index (χ0) is 8.10. The summed E-state index contributed by atoms with van der Waals surface area (Å²) in [5, 5.41) is 0. The van der Waals surface area contributed by atoms with Gasteiger partial charge in [0.1, 0.15) is 6.29 Å². The maximum atomic E-state index is 10.2. The predicted molar refractivity (Wildman–Crippen MR) is 46.4 cm³/mol. The van der Waals surface area contributed by atoms with Gasteiger partial charge in [-0.1, -0.05) is 26.2 Å². The van der Waals surface area contributed by atoms with E-state index in [0.717, 1.165) is 24.5 Å². The van der Waals surface area contributed by atoms with E-state index < -0.39 is 0 Å². The fourth-order valence-electron chi connectivity index (χ4n) is 2.01. The second-order valence-corrected chi connectivity index (χ2v) is 3.70. The van der Waals surface area contributed by atoms with Crippen LogP contribution in [-0.4, -0.2) is 6.29 Å². The third-order valence-corrected chi connectivity index (χ3v) is 2.97. The van der Waals surface area contributed by atoms with Gasteiger partial charge in [-0.25, -0.2) is 0 Å². The van der Waals surface area contributed by atoms with E-state index in [1.807, 2.05) is 0 Å². The van der Waals surface area contributed by atoms with Crippen molar-refractivity contribution in [2.75, 3.05) is 0 Å². The predicted octanol–water partition coefficient (Wildman–Crippen LogP) is 2.79. The van der Waals surface area contributed by atoms with E-state index in [9.17, 15) is 4.79 Å². The lowest BCUT2D eigenvalue weighted by Crippen LogP contribution is -2.13. The lowest BCUT2D eigenvalue weighted by molar-refractivity contribution is -0.108. The van der Waals surface area contributed by atoms with E-state index >= 15 is 0 Å². The van der Waals surface area contributed by atoms with Crippen LogP contribution in [0.1, 0.15) is 45.4 Å². The van der Waals surface area contributed by atoms with Gasteiger partial charge in [-0.3, -0.25) is 0 Å². The van der Waals surface area contributed by atoms with Crippen molar-refractivity contribution in [3.8, 4) is 0 Å². The Labute approximate surface area is 69.2 Å². The molecule has 1 saturated carbocycles. The first-order valence-electron chi connectivity index (χ1n) is 4.80. The lowest BCUT2D eigenvalue weighted by atomic mass is 9.80. The number of aldehydes is 1. The van der Waals surface area contributed by atoms with Crippen LogP contribution in [0.4, 0.5) is 0 Å². The third kappa shape index (κ3) is 2.64. The Hall–Kier alpha value is -0.330. The van der Waals surface area contributed by atoms with Crippen molar-refractivity contribution in [1.82, 2.24) is 0 Å². The lowest BCUT2D eigenvalue weighted by Gasteiger charge is -2.26. The molecule has 0 amide bonds. The summed E-state index contributed by atoms with van der Waals surface area (Å²) in [6.45, 7) is 2.27. The zero-order valence-electron chi connectivity index (χ0n) is 7.38. The molecule has 0 radical (unpaired) electrons. The molecule has 1 nitrogen and oxygen atoms in total.